The predicted octanol–water partition coefficient (Wildman–Crippen LogP) is 5.13. The molecule has 0 bridgehead atoms. The second-order valence-corrected chi connectivity index (χ2v) is 6.45. The van der Waals surface area contributed by atoms with Crippen LogP contribution in [-0.4, -0.2) is 11.7 Å². The van der Waals surface area contributed by atoms with E-state index in [-0.39, 0.29) is 5.91 Å². The maximum absolute atomic E-state index is 12.1. The van der Waals surface area contributed by atoms with Gasteiger partial charge in [-0.1, -0.05) is 49.4 Å². The van der Waals surface area contributed by atoms with Crippen molar-refractivity contribution in [3.05, 3.63) is 72.3 Å². The first-order valence-corrected chi connectivity index (χ1v) is 8.73. The molecule has 116 valence electrons. The van der Waals surface area contributed by atoms with E-state index in [9.17, 15) is 4.79 Å². The first-order chi connectivity index (χ1) is 11.2. The van der Waals surface area contributed by atoms with Gasteiger partial charge in [0, 0.05) is 10.6 Å². The third kappa shape index (κ3) is 4.14. The van der Waals surface area contributed by atoms with Crippen LogP contribution in [0.2, 0.25) is 0 Å². The Balaban J connectivity index is 1.61. The Labute approximate surface area is 140 Å². The number of thioether (sulfide) groups is 1. The van der Waals surface area contributed by atoms with Crippen molar-refractivity contribution in [2.45, 2.75) is 18.2 Å². The predicted molar refractivity (Wildman–Crippen MR) is 99.1 cm³/mol. The first-order valence-electron chi connectivity index (χ1n) is 7.75. The van der Waals surface area contributed by atoms with Gasteiger partial charge in [-0.2, -0.15) is 0 Å². The smallest absolute Gasteiger partial charge is 0.234 e. The number of carbonyl (C=O) groups excluding carboxylic acids is 1. The summed E-state index contributed by atoms with van der Waals surface area (Å²) in [5.41, 5.74) is 2.10. The number of benzene rings is 3. The SMILES string of the molecule is CCc1cccc(NC(=O)CSc2ccc3ccccc3c2)c1. The minimum atomic E-state index is 0.0245. The average molecular weight is 321 g/mol. The maximum Gasteiger partial charge on any atom is 0.234 e. The third-order valence-electron chi connectivity index (χ3n) is 3.71. The van der Waals surface area contributed by atoms with Gasteiger partial charge >= 0.3 is 0 Å². The number of nitrogens with one attached hydrogen (secondary N) is 1. The van der Waals surface area contributed by atoms with Crippen LogP contribution < -0.4 is 5.32 Å². The summed E-state index contributed by atoms with van der Waals surface area (Å²) in [5.74, 6) is 0.436. The summed E-state index contributed by atoms with van der Waals surface area (Å²) in [7, 11) is 0. The van der Waals surface area contributed by atoms with Crippen LogP contribution >= 0.6 is 11.8 Å². The highest BCUT2D eigenvalue weighted by molar-refractivity contribution is 8.00. The van der Waals surface area contributed by atoms with Crippen LogP contribution in [0.3, 0.4) is 0 Å². The van der Waals surface area contributed by atoms with Gasteiger partial charge in [-0.25, -0.2) is 0 Å². The van der Waals surface area contributed by atoms with Crippen LogP contribution in [-0.2, 0) is 11.2 Å². The zero-order chi connectivity index (χ0) is 16.1. The molecule has 0 atom stereocenters. The fourth-order valence-electron chi connectivity index (χ4n) is 2.47. The molecule has 0 heterocycles. The highest BCUT2D eigenvalue weighted by atomic mass is 32.2. The summed E-state index contributed by atoms with van der Waals surface area (Å²) in [6.07, 6.45) is 0.968. The molecule has 0 saturated carbocycles. The monoisotopic (exact) mass is 321 g/mol. The van der Waals surface area contributed by atoms with Crippen molar-refractivity contribution in [3.63, 3.8) is 0 Å². The van der Waals surface area contributed by atoms with Crippen molar-refractivity contribution in [2.24, 2.45) is 0 Å². The van der Waals surface area contributed by atoms with E-state index in [0.717, 1.165) is 17.0 Å². The number of rotatable bonds is 5. The number of carbonyl (C=O) groups is 1. The lowest BCUT2D eigenvalue weighted by Crippen LogP contribution is -2.14. The van der Waals surface area contributed by atoms with Crippen molar-refractivity contribution >= 4 is 34.1 Å². The van der Waals surface area contributed by atoms with Gasteiger partial charge < -0.3 is 5.32 Å². The third-order valence-corrected chi connectivity index (χ3v) is 4.70. The van der Waals surface area contributed by atoms with Gasteiger partial charge in [0.05, 0.1) is 5.75 Å². The molecule has 1 N–H and O–H groups in total. The number of hydrogen-bond acceptors (Lipinski definition) is 2. The Morgan fingerprint density at radius 2 is 1.78 bits per heavy atom. The fraction of sp³-hybridized carbons (Fsp3) is 0.150. The molecule has 0 spiro atoms. The highest BCUT2D eigenvalue weighted by Crippen LogP contribution is 2.23. The summed E-state index contributed by atoms with van der Waals surface area (Å²) in [4.78, 5) is 13.2. The van der Waals surface area contributed by atoms with Gasteiger partial charge in [0.25, 0.3) is 0 Å². The molecule has 2 nitrogen and oxygen atoms in total. The fourth-order valence-corrected chi connectivity index (χ4v) is 3.22. The van der Waals surface area contributed by atoms with E-state index in [1.807, 2.05) is 30.3 Å². The average Bonchev–Trinajstić information content (AvgIpc) is 2.60. The summed E-state index contributed by atoms with van der Waals surface area (Å²) < 4.78 is 0. The number of hydrogen-bond donors (Lipinski definition) is 1. The lowest BCUT2D eigenvalue weighted by Gasteiger charge is -2.07. The molecule has 3 rings (SSSR count). The molecular weight excluding hydrogens is 302 g/mol. The molecule has 0 aliphatic heterocycles. The molecule has 0 unspecified atom stereocenters. The topological polar surface area (TPSA) is 29.1 Å². The Bertz CT molecular complexity index is 828. The van der Waals surface area contributed by atoms with Crippen LogP contribution in [0.25, 0.3) is 10.8 Å². The van der Waals surface area contributed by atoms with Gasteiger partial charge in [-0.3, -0.25) is 4.79 Å². The minimum Gasteiger partial charge on any atom is -0.325 e. The lowest BCUT2D eigenvalue weighted by molar-refractivity contribution is -0.113. The molecule has 0 saturated heterocycles. The number of anilines is 1. The van der Waals surface area contributed by atoms with Gasteiger partial charge in [0.1, 0.15) is 0 Å². The Morgan fingerprint density at radius 3 is 2.61 bits per heavy atom. The van der Waals surface area contributed by atoms with Crippen LogP contribution in [0.1, 0.15) is 12.5 Å². The van der Waals surface area contributed by atoms with Crippen molar-refractivity contribution in [2.75, 3.05) is 11.1 Å². The summed E-state index contributed by atoms with van der Waals surface area (Å²) in [5, 5.41) is 5.39. The van der Waals surface area contributed by atoms with Crippen molar-refractivity contribution in [3.8, 4) is 0 Å². The molecule has 1 amide bonds. The van der Waals surface area contributed by atoms with E-state index in [2.05, 4.69) is 48.6 Å². The van der Waals surface area contributed by atoms with E-state index in [0.29, 0.717) is 5.75 Å². The number of aryl methyl sites for hydroxylation is 1. The van der Waals surface area contributed by atoms with Crippen LogP contribution in [0, 0.1) is 0 Å². The molecule has 0 aromatic heterocycles. The number of amides is 1. The molecule has 0 aliphatic rings. The van der Waals surface area contributed by atoms with Crippen LogP contribution in [0.5, 0.6) is 0 Å². The summed E-state index contributed by atoms with van der Waals surface area (Å²) >= 11 is 1.56. The van der Waals surface area contributed by atoms with Crippen LogP contribution in [0.4, 0.5) is 5.69 Å². The first kappa shape index (κ1) is 15.6. The second kappa shape index (κ2) is 7.34. The molecule has 3 aromatic rings. The van der Waals surface area contributed by atoms with E-state index < -0.39 is 0 Å². The molecule has 0 fully saturated rings. The standard InChI is InChI=1S/C20H19NOS/c1-2-15-6-5-9-18(12-15)21-20(22)14-23-19-11-10-16-7-3-4-8-17(16)13-19/h3-13H,2,14H2,1H3,(H,21,22). The molecule has 3 heteroatoms. The largest absolute Gasteiger partial charge is 0.325 e. The number of fused-ring (bicyclic) bond motifs is 1. The normalized spacial score (nSPS) is 10.7. The zero-order valence-electron chi connectivity index (χ0n) is 13.1. The molecule has 0 radical (unpaired) electrons. The van der Waals surface area contributed by atoms with Crippen molar-refractivity contribution < 1.29 is 4.79 Å². The Hall–Kier alpha value is -2.26. The van der Waals surface area contributed by atoms with Gasteiger partial charge in [-0.05, 0) is 47.0 Å². The summed E-state index contributed by atoms with van der Waals surface area (Å²) in [6.45, 7) is 2.11. The quantitative estimate of drug-likeness (QED) is 0.660. The Morgan fingerprint density at radius 1 is 0.957 bits per heavy atom. The van der Waals surface area contributed by atoms with Crippen molar-refractivity contribution in [1.29, 1.82) is 0 Å². The second-order valence-electron chi connectivity index (χ2n) is 5.40. The molecule has 3 aromatic carbocycles. The van der Waals surface area contributed by atoms with E-state index in [1.54, 1.807) is 11.8 Å². The summed E-state index contributed by atoms with van der Waals surface area (Å²) in [6, 6.07) is 22.5. The van der Waals surface area contributed by atoms with Crippen molar-refractivity contribution in [1.82, 2.24) is 0 Å². The minimum absolute atomic E-state index is 0.0245. The Kier molecular flexibility index (Phi) is 4.99. The van der Waals surface area contributed by atoms with E-state index >= 15 is 0 Å². The zero-order valence-corrected chi connectivity index (χ0v) is 13.9. The van der Waals surface area contributed by atoms with E-state index in [1.165, 1.54) is 16.3 Å². The van der Waals surface area contributed by atoms with E-state index in [4.69, 9.17) is 0 Å². The van der Waals surface area contributed by atoms with Crippen LogP contribution in [0.15, 0.2) is 71.6 Å². The van der Waals surface area contributed by atoms with Gasteiger partial charge in [-0.15, -0.1) is 11.8 Å². The molecular formula is C20H19NOS. The highest BCUT2D eigenvalue weighted by Gasteiger charge is 2.05. The van der Waals surface area contributed by atoms with Gasteiger partial charge in [0.15, 0.2) is 0 Å². The lowest BCUT2D eigenvalue weighted by atomic mass is 10.1. The van der Waals surface area contributed by atoms with Gasteiger partial charge in [0.2, 0.25) is 5.91 Å². The molecule has 0 aliphatic carbocycles. The maximum atomic E-state index is 12.1. The molecule has 23 heavy (non-hydrogen) atoms.